The fraction of sp³-hybridized carbons (Fsp3) is 0.333. The van der Waals surface area contributed by atoms with E-state index < -0.39 is 23.1 Å². The average molecular weight is 273 g/mol. The lowest BCUT2D eigenvalue weighted by atomic mass is 10.1. The van der Waals surface area contributed by atoms with Crippen LogP contribution in [0, 0.1) is 13.8 Å². The molecule has 0 radical (unpaired) electrons. The molecule has 1 atom stereocenters. The van der Waals surface area contributed by atoms with E-state index in [-0.39, 0.29) is 17.0 Å². The summed E-state index contributed by atoms with van der Waals surface area (Å²) in [4.78, 5) is 22.2. The highest BCUT2D eigenvalue weighted by Crippen LogP contribution is 2.36. The first-order valence-corrected chi connectivity index (χ1v) is 5.41. The lowest BCUT2D eigenvalue weighted by molar-refractivity contribution is -0.147. The van der Waals surface area contributed by atoms with Gasteiger partial charge < -0.3 is 9.73 Å². The summed E-state index contributed by atoms with van der Waals surface area (Å²) < 4.78 is 43.8. The van der Waals surface area contributed by atoms with Gasteiger partial charge in [-0.05, 0) is 26.0 Å². The Bertz CT molecular complexity index is 677. The SMILES string of the molecule is Cc1ccc(C(Nc2c(C)c(=O)c2=O)C(F)(F)F)o1. The van der Waals surface area contributed by atoms with Crippen molar-refractivity contribution in [1.82, 2.24) is 0 Å². The molecule has 4 nitrogen and oxygen atoms in total. The maximum Gasteiger partial charge on any atom is 0.415 e. The third-order valence-electron chi connectivity index (χ3n) is 2.81. The number of rotatable bonds is 3. The number of aryl methyl sites for hydroxylation is 1. The Hall–Kier alpha value is -2.05. The summed E-state index contributed by atoms with van der Waals surface area (Å²) in [5, 5.41) is 2.04. The number of nitrogens with one attached hydrogen (secondary N) is 1. The molecule has 0 spiro atoms. The highest BCUT2D eigenvalue weighted by atomic mass is 19.4. The lowest BCUT2D eigenvalue weighted by Gasteiger charge is -2.22. The predicted octanol–water partition coefficient (Wildman–Crippen LogP) is 2.21. The summed E-state index contributed by atoms with van der Waals surface area (Å²) in [5.74, 6) is -0.0230. The van der Waals surface area contributed by atoms with E-state index >= 15 is 0 Å². The van der Waals surface area contributed by atoms with Gasteiger partial charge in [-0.1, -0.05) is 0 Å². The minimum Gasteiger partial charge on any atom is -0.464 e. The Morgan fingerprint density at radius 2 is 1.79 bits per heavy atom. The van der Waals surface area contributed by atoms with E-state index in [0.717, 1.165) is 0 Å². The quantitative estimate of drug-likeness (QED) is 0.871. The molecule has 2 rings (SSSR count). The molecule has 1 aromatic carbocycles. The smallest absolute Gasteiger partial charge is 0.415 e. The zero-order chi connectivity index (χ0) is 14.4. The predicted molar refractivity (Wildman–Crippen MR) is 62.0 cm³/mol. The van der Waals surface area contributed by atoms with Gasteiger partial charge in [-0.25, -0.2) is 0 Å². The van der Waals surface area contributed by atoms with E-state index in [0.29, 0.717) is 5.76 Å². The molecular formula is C12H10F3NO3. The number of hydrogen-bond donors (Lipinski definition) is 1. The summed E-state index contributed by atoms with van der Waals surface area (Å²) >= 11 is 0. The lowest BCUT2D eigenvalue weighted by Crippen LogP contribution is -2.40. The topological polar surface area (TPSA) is 59.3 Å². The van der Waals surface area contributed by atoms with Crippen molar-refractivity contribution in [2.45, 2.75) is 26.1 Å². The second-order valence-electron chi connectivity index (χ2n) is 4.23. The van der Waals surface area contributed by atoms with Crippen molar-refractivity contribution in [3.63, 3.8) is 0 Å². The summed E-state index contributed by atoms with van der Waals surface area (Å²) in [5.41, 5.74) is -2.00. The van der Waals surface area contributed by atoms with Gasteiger partial charge in [0.2, 0.25) is 10.9 Å². The third kappa shape index (κ3) is 2.27. The Morgan fingerprint density at radius 1 is 1.16 bits per heavy atom. The molecule has 0 aliphatic carbocycles. The summed E-state index contributed by atoms with van der Waals surface area (Å²) in [6, 6.07) is 0.426. The zero-order valence-electron chi connectivity index (χ0n) is 10.1. The van der Waals surface area contributed by atoms with Crippen molar-refractivity contribution >= 4 is 5.69 Å². The second kappa shape index (κ2) is 4.25. The molecule has 0 aliphatic heterocycles. The van der Waals surface area contributed by atoms with Gasteiger partial charge in [0, 0.05) is 5.56 Å². The zero-order valence-corrected chi connectivity index (χ0v) is 10.1. The van der Waals surface area contributed by atoms with E-state index in [1.54, 1.807) is 0 Å². The van der Waals surface area contributed by atoms with Crippen molar-refractivity contribution in [2.75, 3.05) is 5.32 Å². The molecule has 1 unspecified atom stereocenters. The first-order chi connectivity index (χ1) is 8.71. The highest BCUT2D eigenvalue weighted by molar-refractivity contribution is 5.56. The normalized spacial score (nSPS) is 13.7. The summed E-state index contributed by atoms with van der Waals surface area (Å²) in [6.07, 6.45) is -4.64. The van der Waals surface area contributed by atoms with Gasteiger partial charge >= 0.3 is 6.18 Å². The van der Waals surface area contributed by atoms with Crippen LogP contribution in [0.25, 0.3) is 0 Å². The van der Waals surface area contributed by atoms with Crippen LogP contribution in [0.4, 0.5) is 18.9 Å². The summed E-state index contributed by atoms with van der Waals surface area (Å²) in [7, 11) is 0. The van der Waals surface area contributed by atoms with Crippen LogP contribution in [0.5, 0.6) is 0 Å². The van der Waals surface area contributed by atoms with Gasteiger partial charge in [0.05, 0.1) is 5.69 Å². The van der Waals surface area contributed by atoms with Gasteiger partial charge in [-0.15, -0.1) is 0 Å². The van der Waals surface area contributed by atoms with Crippen LogP contribution < -0.4 is 16.2 Å². The number of hydrogen-bond acceptors (Lipinski definition) is 4. The molecule has 7 heteroatoms. The maximum absolute atomic E-state index is 12.9. The van der Waals surface area contributed by atoms with Crippen LogP contribution in [0.3, 0.4) is 0 Å². The molecule has 0 aliphatic rings. The Labute approximate surface area is 105 Å². The van der Waals surface area contributed by atoms with E-state index in [1.807, 2.05) is 5.32 Å². The third-order valence-corrected chi connectivity index (χ3v) is 2.81. The van der Waals surface area contributed by atoms with Crippen LogP contribution in [-0.4, -0.2) is 6.18 Å². The van der Waals surface area contributed by atoms with Gasteiger partial charge in [0.25, 0.3) is 0 Å². The number of anilines is 1. The fourth-order valence-corrected chi connectivity index (χ4v) is 1.75. The molecule has 2 aromatic rings. The van der Waals surface area contributed by atoms with Crippen LogP contribution in [-0.2, 0) is 0 Å². The molecule has 0 amide bonds. The van der Waals surface area contributed by atoms with Crippen molar-refractivity contribution in [2.24, 2.45) is 0 Å². The molecule has 1 aromatic heterocycles. The van der Waals surface area contributed by atoms with Gasteiger partial charge in [0.1, 0.15) is 11.5 Å². The van der Waals surface area contributed by atoms with E-state index in [2.05, 4.69) is 0 Å². The first-order valence-electron chi connectivity index (χ1n) is 5.41. The molecule has 0 saturated heterocycles. The minimum absolute atomic E-state index is 0.00234. The first kappa shape index (κ1) is 13.4. The second-order valence-corrected chi connectivity index (χ2v) is 4.23. The summed E-state index contributed by atoms with van der Waals surface area (Å²) in [6.45, 7) is 2.81. The highest BCUT2D eigenvalue weighted by Gasteiger charge is 2.44. The monoisotopic (exact) mass is 273 g/mol. The largest absolute Gasteiger partial charge is 0.464 e. The van der Waals surface area contributed by atoms with Crippen molar-refractivity contribution in [3.8, 4) is 0 Å². The van der Waals surface area contributed by atoms with Crippen molar-refractivity contribution in [3.05, 3.63) is 49.7 Å². The molecule has 0 saturated carbocycles. The Kier molecular flexibility index (Phi) is 3.00. The Balaban J connectivity index is 2.36. The number of furan rings is 1. The molecule has 102 valence electrons. The molecular weight excluding hydrogens is 263 g/mol. The van der Waals surface area contributed by atoms with Crippen molar-refractivity contribution in [1.29, 1.82) is 0 Å². The fourth-order valence-electron chi connectivity index (χ4n) is 1.75. The molecule has 1 N–H and O–H groups in total. The van der Waals surface area contributed by atoms with Crippen molar-refractivity contribution < 1.29 is 17.6 Å². The van der Waals surface area contributed by atoms with Crippen LogP contribution >= 0.6 is 0 Å². The van der Waals surface area contributed by atoms with E-state index in [9.17, 15) is 22.8 Å². The van der Waals surface area contributed by atoms with E-state index in [4.69, 9.17) is 4.42 Å². The Morgan fingerprint density at radius 3 is 2.21 bits per heavy atom. The molecule has 0 bridgehead atoms. The average Bonchev–Trinajstić information content (AvgIpc) is 2.73. The van der Waals surface area contributed by atoms with Gasteiger partial charge in [0.15, 0.2) is 6.04 Å². The number of alkyl halides is 3. The molecule has 0 fully saturated rings. The van der Waals surface area contributed by atoms with Gasteiger partial charge in [-0.2, -0.15) is 13.2 Å². The van der Waals surface area contributed by atoms with Crippen LogP contribution in [0.15, 0.2) is 26.1 Å². The van der Waals surface area contributed by atoms with Gasteiger partial charge in [-0.3, -0.25) is 9.59 Å². The molecule has 1 heterocycles. The standard InChI is InChI=1S/C12H10F3NO3/c1-5-3-4-7(19-5)11(12(13,14)15)16-8-6(2)9(17)10(8)18/h3-4,11,16H,1-2H3. The van der Waals surface area contributed by atoms with Crippen LogP contribution in [0.1, 0.15) is 23.1 Å². The minimum atomic E-state index is -4.64. The van der Waals surface area contributed by atoms with E-state index in [1.165, 1.54) is 26.0 Å². The maximum atomic E-state index is 12.9. The van der Waals surface area contributed by atoms with Crippen LogP contribution in [0.2, 0.25) is 0 Å². The number of halogens is 3. The molecule has 19 heavy (non-hydrogen) atoms.